The summed E-state index contributed by atoms with van der Waals surface area (Å²) in [5.41, 5.74) is 0.220. The number of nitrogens with one attached hydrogen (secondary N) is 1. The van der Waals surface area contributed by atoms with Gasteiger partial charge in [-0.05, 0) is 17.8 Å². The van der Waals surface area contributed by atoms with Crippen LogP contribution in [0.15, 0.2) is 6.07 Å². The van der Waals surface area contributed by atoms with Gasteiger partial charge < -0.3 is 5.32 Å². The number of hydrogen-bond acceptors (Lipinski definition) is 1. The normalized spacial score (nSPS) is 19.8. The molecular weight excluding hydrogens is 227 g/mol. The second kappa shape index (κ2) is 3.93. The fraction of sp³-hybridized carbons (Fsp3) is 0.538. The molecule has 1 unspecified atom stereocenters. The van der Waals surface area contributed by atoms with Crippen LogP contribution < -0.4 is 5.32 Å². The van der Waals surface area contributed by atoms with Gasteiger partial charge in [-0.2, -0.15) is 0 Å². The average molecular weight is 243 g/mol. The van der Waals surface area contributed by atoms with Crippen LogP contribution in [-0.4, -0.2) is 6.54 Å². The lowest BCUT2D eigenvalue weighted by Gasteiger charge is -2.35. The van der Waals surface area contributed by atoms with Gasteiger partial charge in [-0.3, -0.25) is 0 Å². The standard InChI is InChI=1S/C13H16F3N/c1-13(2,3)7-4-8-11(16)9(14)5-10(15)12(8)17-6-7/h5,7,17H,4,6H2,1-3H3. The lowest BCUT2D eigenvalue weighted by molar-refractivity contribution is 0.243. The summed E-state index contributed by atoms with van der Waals surface area (Å²) in [4.78, 5) is 0. The molecule has 1 aliphatic rings. The molecular formula is C13H16F3N. The molecule has 0 fully saturated rings. The first-order chi connectivity index (χ1) is 7.80. The van der Waals surface area contributed by atoms with Crippen LogP contribution in [0.25, 0.3) is 0 Å². The van der Waals surface area contributed by atoms with Gasteiger partial charge in [0.1, 0.15) is 5.82 Å². The van der Waals surface area contributed by atoms with E-state index in [2.05, 4.69) is 5.32 Å². The Morgan fingerprint density at radius 3 is 2.41 bits per heavy atom. The summed E-state index contributed by atoms with van der Waals surface area (Å²) < 4.78 is 40.3. The van der Waals surface area contributed by atoms with Crippen LogP contribution in [0.1, 0.15) is 26.3 Å². The molecule has 0 bridgehead atoms. The number of fused-ring (bicyclic) bond motifs is 1. The first-order valence-electron chi connectivity index (χ1n) is 5.71. The molecule has 1 heterocycles. The smallest absolute Gasteiger partial charge is 0.164 e. The summed E-state index contributed by atoms with van der Waals surface area (Å²) >= 11 is 0. The molecule has 2 rings (SSSR count). The van der Waals surface area contributed by atoms with Crippen molar-refractivity contribution in [2.24, 2.45) is 11.3 Å². The van der Waals surface area contributed by atoms with Crippen molar-refractivity contribution < 1.29 is 13.2 Å². The van der Waals surface area contributed by atoms with E-state index in [0.29, 0.717) is 19.0 Å². The van der Waals surface area contributed by atoms with Gasteiger partial charge in [0.2, 0.25) is 0 Å². The first kappa shape index (κ1) is 12.3. The highest BCUT2D eigenvalue weighted by molar-refractivity contribution is 5.55. The summed E-state index contributed by atoms with van der Waals surface area (Å²) in [7, 11) is 0. The predicted molar refractivity (Wildman–Crippen MR) is 61.5 cm³/mol. The third-order valence-electron chi connectivity index (χ3n) is 3.47. The minimum Gasteiger partial charge on any atom is -0.382 e. The Bertz CT molecular complexity index is 449. The molecule has 17 heavy (non-hydrogen) atoms. The quantitative estimate of drug-likeness (QED) is 0.684. The van der Waals surface area contributed by atoms with Crippen molar-refractivity contribution in [1.82, 2.24) is 0 Å². The maximum absolute atomic E-state index is 13.6. The zero-order chi connectivity index (χ0) is 12.8. The van der Waals surface area contributed by atoms with Gasteiger partial charge in [-0.25, -0.2) is 13.2 Å². The van der Waals surface area contributed by atoms with Crippen LogP contribution in [0.4, 0.5) is 18.9 Å². The molecule has 1 N–H and O–H groups in total. The molecule has 0 saturated heterocycles. The minimum absolute atomic E-state index is 0.0279. The molecule has 0 aliphatic carbocycles. The van der Waals surface area contributed by atoms with Crippen molar-refractivity contribution in [2.75, 3.05) is 11.9 Å². The Morgan fingerprint density at radius 2 is 1.82 bits per heavy atom. The van der Waals surface area contributed by atoms with Crippen LogP contribution in [0, 0.1) is 28.8 Å². The van der Waals surface area contributed by atoms with Crippen molar-refractivity contribution in [3.8, 4) is 0 Å². The van der Waals surface area contributed by atoms with E-state index in [9.17, 15) is 13.2 Å². The molecule has 0 radical (unpaired) electrons. The van der Waals surface area contributed by atoms with E-state index in [1.165, 1.54) is 0 Å². The molecule has 4 heteroatoms. The van der Waals surface area contributed by atoms with Crippen molar-refractivity contribution in [2.45, 2.75) is 27.2 Å². The number of rotatable bonds is 0. The predicted octanol–water partition coefficient (Wildman–Crippen LogP) is 3.73. The maximum Gasteiger partial charge on any atom is 0.164 e. The van der Waals surface area contributed by atoms with Gasteiger partial charge in [-0.1, -0.05) is 20.8 Å². The highest BCUT2D eigenvalue weighted by atomic mass is 19.2. The molecule has 1 nitrogen and oxygen atoms in total. The van der Waals surface area contributed by atoms with Crippen LogP contribution >= 0.6 is 0 Å². The van der Waals surface area contributed by atoms with Crippen LogP contribution in [-0.2, 0) is 6.42 Å². The van der Waals surface area contributed by atoms with E-state index in [4.69, 9.17) is 0 Å². The second-order valence-electron chi connectivity index (χ2n) is 5.66. The molecule has 0 aromatic heterocycles. The Kier molecular flexibility index (Phi) is 2.84. The van der Waals surface area contributed by atoms with Gasteiger partial charge in [0.05, 0.1) is 5.69 Å². The Balaban J connectivity index is 2.44. The van der Waals surface area contributed by atoms with E-state index in [1.54, 1.807) is 0 Å². The Labute approximate surface area is 99.0 Å². The fourth-order valence-electron chi connectivity index (χ4n) is 2.18. The number of benzene rings is 1. The van der Waals surface area contributed by atoms with E-state index < -0.39 is 17.5 Å². The molecule has 94 valence electrons. The van der Waals surface area contributed by atoms with Crippen LogP contribution in [0.3, 0.4) is 0 Å². The Morgan fingerprint density at radius 1 is 1.18 bits per heavy atom. The van der Waals surface area contributed by atoms with Crippen molar-refractivity contribution in [3.63, 3.8) is 0 Å². The van der Waals surface area contributed by atoms with Crippen molar-refractivity contribution in [1.29, 1.82) is 0 Å². The lowest BCUT2D eigenvalue weighted by atomic mass is 9.75. The molecule has 0 spiro atoms. The van der Waals surface area contributed by atoms with Gasteiger partial charge in [-0.15, -0.1) is 0 Å². The fourth-order valence-corrected chi connectivity index (χ4v) is 2.18. The molecule has 1 aromatic rings. The topological polar surface area (TPSA) is 12.0 Å². The largest absolute Gasteiger partial charge is 0.382 e. The second-order valence-corrected chi connectivity index (χ2v) is 5.66. The van der Waals surface area contributed by atoms with E-state index in [0.717, 1.165) is 0 Å². The zero-order valence-electron chi connectivity index (χ0n) is 10.2. The minimum atomic E-state index is -1.11. The van der Waals surface area contributed by atoms with Crippen molar-refractivity contribution in [3.05, 3.63) is 29.1 Å². The van der Waals surface area contributed by atoms with Crippen LogP contribution in [0.5, 0.6) is 0 Å². The molecule has 0 amide bonds. The third-order valence-corrected chi connectivity index (χ3v) is 3.47. The monoisotopic (exact) mass is 243 g/mol. The lowest BCUT2D eigenvalue weighted by Crippen LogP contribution is -2.34. The van der Waals surface area contributed by atoms with Crippen molar-refractivity contribution >= 4 is 5.69 Å². The maximum atomic E-state index is 13.6. The Hall–Kier alpha value is -1.19. The van der Waals surface area contributed by atoms with Gasteiger partial charge in [0.25, 0.3) is 0 Å². The summed E-state index contributed by atoms with van der Waals surface area (Å²) in [5.74, 6) is -2.60. The first-order valence-corrected chi connectivity index (χ1v) is 5.71. The molecule has 1 aliphatic heterocycles. The average Bonchev–Trinajstić information content (AvgIpc) is 2.24. The summed E-state index contributed by atoms with van der Waals surface area (Å²) in [6.07, 6.45) is 0.367. The number of halogens is 3. The third kappa shape index (κ3) is 2.13. The highest BCUT2D eigenvalue weighted by Crippen LogP contribution is 2.37. The summed E-state index contributed by atoms with van der Waals surface area (Å²) in [5, 5.41) is 2.87. The van der Waals surface area contributed by atoms with Gasteiger partial charge in [0.15, 0.2) is 11.6 Å². The van der Waals surface area contributed by atoms with Gasteiger partial charge >= 0.3 is 0 Å². The van der Waals surface area contributed by atoms with E-state index in [1.807, 2.05) is 20.8 Å². The summed E-state index contributed by atoms with van der Waals surface area (Å²) in [6, 6.07) is 0.596. The zero-order valence-corrected chi connectivity index (χ0v) is 10.2. The SMILES string of the molecule is CC(C)(C)C1CNc2c(F)cc(F)c(F)c2C1. The van der Waals surface area contributed by atoms with Gasteiger partial charge in [0, 0.05) is 18.2 Å². The number of anilines is 1. The van der Waals surface area contributed by atoms with Crippen LogP contribution in [0.2, 0.25) is 0 Å². The number of hydrogen-bond donors (Lipinski definition) is 1. The molecule has 0 saturated carbocycles. The summed E-state index contributed by atoms with van der Waals surface area (Å²) in [6.45, 7) is 6.70. The van der Waals surface area contributed by atoms with E-state index >= 15 is 0 Å². The highest BCUT2D eigenvalue weighted by Gasteiger charge is 2.32. The van der Waals surface area contributed by atoms with E-state index in [-0.39, 0.29) is 22.6 Å². The molecule has 1 aromatic carbocycles. The molecule has 1 atom stereocenters.